The van der Waals surface area contributed by atoms with Gasteiger partial charge in [0.15, 0.2) is 10.8 Å². The van der Waals surface area contributed by atoms with Crippen LogP contribution in [0.5, 0.6) is 0 Å². The fraction of sp³-hybridized carbons (Fsp3) is 0. The third-order valence-electron chi connectivity index (χ3n) is 3.16. The number of benzene rings is 1. The molecular weight excluding hydrogens is 360 g/mol. The number of nitrogens with one attached hydrogen (secondary N) is 1. The van der Waals surface area contributed by atoms with Crippen LogP contribution in [-0.2, 0) is 14.9 Å². The first kappa shape index (κ1) is 18.7. The summed E-state index contributed by atoms with van der Waals surface area (Å²) in [7, 11) is -4.88. The van der Waals surface area contributed by atoms with E-state index in [1.165, 1.54) is 30.4 Å². The summed E-state index contributed by atoms with van der Waals surface area (Å²) in [6.07, 6.45) is 4.88. The van der Waals surface area contributed by atoms with Crippen LogP contribution in [0, 0.1) is 10.9 Å². The average Bonchev–Trinajstić information content (AvgIpc) is 2.61. The zero-order valence-electron chi connectivity index (χ0n) is 13.0. The molecule has 0 radical (unpaired) electrons. The van der Waals surface area contributed by atoms with Crippen LogP contribution in [0.4, 0.5) is 0 Å². The number of hydrogen-bond donors (Lipinski definition) is 2. The Morgan fingerprint density at radius 2 is 1.96 bits per heavy atom. The summed E-state index contributed by atoms with van der Waals surface area (Å²) in [5.41, 5.74) is 6.41. The van der Waals surface area contributed by atoms with Crippen molar-refractivity contribution in [2.24, 2.45) is 15.4 Å². The van der Waals surface area contributed by atoms with Gasteiger partial charge in [0.1, 0.15) is 10.6 Å². The SMILES string of the molecule is N#[N+]N=C1C(C(=O)C(=Cc2ccccc2)S(=O)(=O)O)=CC=CC1=NN=N. The summed E-state index contributed by atoms with van der Waals surface area (Å²) < 4.78 is 32.9. The number of nitrogens with zero attached hydrogens (tertiary/aromatic N) is 5. The summed E-state index contributed by atoms with van der Waals surface area (Å²) in [6, 6.07) is 8.02. The molecule has 2 rings (SSSR count). The second-order valence-corrected chi connectivity index (χ2v) is 6.18. The van der Waals surface area contributed by atoms with Crippen LogP contribution in [-0.4, -0.2) is 30.2 Å². The van der Waals surface area contributed by atoms with Crippen molar-refractivity contribution in [3.63, 3.8) is 0 Å². The zero-order valence-corrected chi connectivity index (χ0v) is 13.8. The number of carbonyl (C=O) groups is 1. The van der Waals surface area contributed by atoms with Crippen LogP contribution in [0.1, 0.15) is 5.56 Å². The van der Waals surface area contributed by atoms with Gasteiger partial charge in [0.2, 0.25) is 5.78 Å². The van der Waals surface area contributed by atoms with Gasteiger partial charge in [-0.3, -0.25) is 9.35 Å². The van der Waals surface area contributed by atoms with Crippen LogP contribution in [0.25, 0.3) is 11.2 Å². The Bertz CT molecular complexity index is 1040. The van der Waals surface area contributed by atoms with E-state index < -0.39 is 20.8 Å². The highest BCUT2D eigenvalue weighted by Crippen LogP contribution is 2.20. The number of rotatable bonds is 5. The summed E-state index contributed by atoms with van der Waals surface area (Å²) >= 11 is 0. The molecule has 0 spiro atoms. The first-order valence-electron chi connectivity index (χ1n) is 6.93. The molecule has 0 aliphatic heterocycles. The second kappa shape index (κ2) is 7.97. The number of Topliss-reactive ketones (excluding diaryl/α,β-unsaturated/α-hetero) is 1. The largest absolute Gasteiger partial charge is 0.339 e. The van der Waals surface area contributed by atoms with E-state index in [4.69, 9.17) is 10.9 Å². The van der Waals surface area contributed by atoms with Gasteiger partial charge >= 0.3 is 5.08 Å². The fourth-order valence-corrected chi connectivity index (χ4v) is 2.72. The van der Waals surface area contributed by atoms with Crippen molar-refractivity contribution in [1.82, 2.24) is 0 Å². The summed E-state index contributed by atoms with van der Waals surface area (Å²) in [5.74, 6) is -1.10. The van der Waals surface area contributed by atoms with Crippen LogP contribution >= 0.6 is 0 Å². The normalized spacial score (nSPS) is 17.7. The van der Waals surface area contributed by atoms with Crippen LogP contribution in [0.2, 0.25) is 0 Å². The Hall–Kier alpha value is -3.62. The quantitative estimate of drug-likeness (QED) is 0.203. The molecule has 0 amide bonds. The molecule has 130 valence electrons. The topological polar surface area (TPSA) is 161 Å². The van der Waals surface area contributed by atoms with Crippen molar-refractivity contribution in [2.75, 3.05) is 0 Å². The molecule has 0 fully saturated rings. The molecule has 11 heteroatoms. The number of carbonyl (C=O) groups excluding carboxylic acids is 1. The molecule has 0 bridgehead atoms. The number of ketones is 1. The van der Waals surface area contributed by atoms with E-state index in [9.17, 15) is 17.8 Å². The Balaban J connectivity index is 2.61. The molecular formula is C15H11N6O4S+. The van der Waals surface area contributed by atoms with Crippen molar-refractivity contribution in [3.8, 4) is 0 Å². The van der Waals surface area contributed by atoms with E-state index in [2.05, 4.69) is 20.5 Å². The standard InChI is InChI=1S/C15H10N6O4S/c16-20-18-12-8-4-7-11(14(12)19-21-17)15(22)13(26(23,24)25)9-10-5-2-1-3-6-10/h1-9,16H/p+1. The Morgan fingerprint density at radius 1 is 1.27 bits per heavy atom. The molecule has 1 aliphatic carbocycles. The third kappa shape index (κ3) is 4.26. The minimum atomic E-state index is -4.88. The predicted octanol–water partition coefficient (Wildman–Crippen LogP) is 2.58. The lowest BCUT2D eigenvalue weighted by atomic mass is 9.96. The van der Waals surface area contributed by atoms with E-state index in [0.29, 0.717) is 5.56 Å². The molecule has 0 atom stereocenters. The fourth-order valence-electron chi connectivity index (χ4n) is 2.09. The molecule has 0 aromatic heterocycles. The van der Waals surface area contributed by atoms with Crippen LogP contribution < -0.4 is 0 Å². The minimum Gasteiger partial charge on any atom is -0.288 e. The molecule has 10 nitrogen and oxygen atoms in total. The smallest absolute Gasteiger partial charge is 0.288 e. The van der Waals surface area contributed by atoms with Gasteiger partial charge in [-0.15, -0.1) is 5.10 Å². The van der Waals surface area contributed by atoms with Gasteiger partial charge in [0.25, 0.3) is 15.5 Å². The summed E-state index contributed by atoms with van der Waals surface area (Å²) in [5, 5.41) is 20.8. The predicted molar refractivity (Wildman–Crippen MR) is 93.3 cm³/mol. The minimum absolute atomic E-state index is 0.0990. The molecule has 0 saturated carbocycles. The van der Waals surface area contributed by atoms with Crippen molar-refractivity contribution in [1.29, 1.82) is 10.9 Å². The molecule has 1 aromatic carbocycles. The lowest BCUT2D eigenvalue weighted by Crippen LogP contribution is -2.25. The van der Waals surface area contributed by atoms with Crippen molar-refractivity contribution in [3.05, 3.63) is 69.7 Å². The molecule has 1 aromatic rings. The van der Waals surface area contributed by atoms with Crippen molar-refractivity contribution < 1.29 is 17.8 Å². The van der Waals surface area contributed by atoms with E-state index in [0.717, 1.165) is 6.08 Å². The third-order valence-corrected chi connectivity index (χ3v) is 4.02. The lowest BCUT2D eigenvalue weighted by Gasteiger charge is -2.10. The van der Waals surface area contributed by atoms with Crippen LogP contribution in [0.15, 0.2) is 74.5 Å². The Morgan fingerprint density at radius 3 is 2.54 bits per heavy atom. The highest BCUT2D eigenvalue weighted by Gasteiger charge is 2.32. The number of allylic oxidation sites excluding steroid dienone is 5. The summed E-state index contributed by atoms with van der Waals surface area (Å²) in [4.78, 5) is 11.8. The van der Waals surface area contributed by atoms with Gasteiger partial charge in [-0.25, -0.2) is 0 Å². The zero-order chi connectivity index (χ0) is 19.2. The monoisotopic (exact) mass is 371 g/mol. The number of diazo groups is 1. The maximum atomic E-state index is 12.7. The number of hydrogen-bond acceptors (Lipinski definition) is 7. The van der Waals surface area contributed by atoms with Gasteiger partial charge in [0, 0.05) is 0 Å². The highest BCUT2D eigenvalue weighted by atomic mass is 32.2. The maximum Gasteiger partial charge on any atom is 0.339 e. The van der Waals surface area contributed by atoms with E-state index in [-0.39, 0.29) is 17.0 Å². The Kier molecular flexibility index (Phi) is 5.74. The molecule has 26 heavy (non-hydrogen) atoms. The lowest BCUT2D eigenvalue weighted by molar-refractivity contribution is -0.111. The second-order valence-electron chi connectivity index (χ2n) is 4.79. The molecule has 0 unspecified atom stereocenters. The van der Waals surface area contributed by atoms with Gasteiger partial charge in [-0.05, 0) is 23.8 Å². The summed E-state index contributed by atoms with van der Waals surface area (Å²) in [6.45, 7) is 0. The van der Waals surface area contributed by atoms with Gasteiger partial charge in [-0.2, -0.15) is 13.9 Å². The average molecular weight is 371 g/mol. The van der Waals surface area contributed by atoms with Gasteiger partial charge in [-0.1, -0.05) is 41.6 Å². The first-order valence-corrected chi connectivity index (χ1v) is 8.37. The van der Waals surface area contributed by atoms with E-state index >= 15 is 0 Å². The van der Waals surface area contributed by atoms with Crippen LogP contribution in [0.3, 0.4) is 0 Å². The van der Waals surface area contributed by atoms with Crippen molar-refractivity contribution >= 4 is 33.4 Å². The van der Waals surface area contributed by atoms with E-state index in [1.54, 1.807) is 18.2 Å². The Labute approximate surface area is 147 Å². The molecule has 0 saturated heterocycles. The molecule has 1 aliphatic rings. The van der Waals surface area contributed by atoms with Gasteiger partial charge < -0.3 is 0 Å². The molecule has 0 heterocycles. The van der Waals surface area contributed by atoms with E-state index in [1.807, 2.05) is 0 Å². The van der Waals surface area contributed by atoms with Gasteiger partial charge in [0.05, 0.1) is 5.57 Å². The first-order chi connectivity index (χ1) is 12.4. The highest BCUT2D eigenvalue weighted by molar-refractivity contribution is 7.91. The molecule has 2 N–H and O–H groups in total. The maximum absolute atomic E-state index is 12.7. The van der Waals surface area contributed by atoms with Crippen molar-refractivity contribution in [2.45, 2.75) is 0 Å².